The first-order valence-corrected chi connectivity index (χ1v) is 7.92. The Balaban J connectivity index is 2.05. The maximum Gasteiger partial charge on any atom is 0.155 e. The molecule has 0 amide bonds. The van der Waals surface area contributed by atoms with Gasteiger partial charge in [-0.05, 0) is 24.8 Å². The summed E-state index contributed by atoms with van der Waals surface area (Å²) in [7, 11) is 0. The van der Waals surface area contributed by atoms with E-state index in [0.717, 1.165) is 36.4 Å². The van der Waals surface area contributed by atoms with Crippen LogP contribution in [0.2, 0.25) is 0 Å². The molecule has 3 heterocycles. The molecule has 1 atom stereocenters. The second-order valence-electron chi connectivity index (χ2n) is 6.18. The van der Waals surface area contributed by atoms with Crippen LogP contribution in [0.25, 0.3) is 5.52 Å². The molecule has 1 unspecified atom stereocenters. The van der Waals surface area contributed by atoms with Crippen LogP contribution in [-0.4, -0.2) is 38.9 Å². The van der Waals surface area contributed by atoms with Crippen molar-refractivity contribution in [1.82, 2.24) is 14.6 Å². The van der Waals surface area contributed by atoms with Gasteiger partial charge in [-0.2, -0.15) is 5.10 Å². The number of fused-ring (bicyclic) bond motifs is 1. The maximum atomic E-state index is 9.72. The molecule has 1 aliphatic rings. The minimum absolute atomic E-state index is 0.170. The van der Waals surface area contributed by atoms with Crippen molar-refractivity contribution in [3.05, 3.63) is 24.2 Å². The van der Waals surface area contributed by atoms with E-state index in [1.807, 2.05) is 10.7 Å². The summed E-state index contributed by atoms with van der Waals surface area (Å²) in [6.07, 6.45) is 8.30. The number of aliphatic hydroxyl groups is 1. The molecule has 0 aromatic carbocycles. The molecule has 114 valence electrons. The van der Waals surface area contributed by atoms with Crippen molar-refractivity contribution >= 4 is 11.3 Å². The Kier molecular flexibility index (Phi) is 4.10. The summed E-state index contributed by atoms with van der Waals surface area (Å²) < 4.78 is 1.91. The summed E-state index contributed by atoms with van der Waals surface area (Å²) >= 11 is 0. The Bertz CT molecular complexity index is 607. The number of aliphatic hydroxyl groups excluding tert-OH is 1. The molecule has 2 aromatic heterocycles. The third-order valence-corrected chi connectivity index (χ3v) is 4.34. The van der Waals surface area contributed by atoms with Crippen molar-refractivity contribution in [3.63, 3.8) is 0 Å². The van der Waals surface area contributed by atoms with E-state index < -0.39 is 0 Å². The predicted octanol–water partition coefficient (Wildman–Crippen LogP) is 2.59. The monoisotopic (exact) mass is 288 g/mol. The summed E-state index contributed by atoms with van der Waals surface area (Å²) in [5.74, 6) is 1.35. The summed E-state index contributed by atoms with van der Waals surface area (Å²) in [6.45, 7) is 5.45. The Morgan fingerprint density at radius 3 is 2.95 bits per heavy atom. The van der Waals surface area contributed by atoms with Gasteiger partial charge >= 0.3 is 0 Å². The molecule has 1 saturated heterocycles. The van der Waals surface area contributed by atoms with Gasteiger partial charge in [0, 0.05) is 18.9 Å². The van der Waals surface area contributed by atoms with Gasteiger partial charge in [0.25, 0.3) is 0 Å². The number of rotatable bonds is 3. The Labute approximate surface area is 125 Å². The van der Waals surface area contributed by atoms with E-state index in [1.165, 1.54) is 12.8 Å². The highest BCUT2D eigenvalue weighted by atomic mass is 16.3. The first-order chi connectivity index (χ1) is 10.2. The van der Waals surface area contributed by atoms with E-state index in [0.29, 0.717) is 5.92 Å². The fourth-order valence-corrected chi connectivity index (χ4v) is 3.08. The van der Waals surface area contributed by atoms with E-state index >= 15 is 0 Å². The number of anilines is 1. The van der Waals surface area contributed by atoms with Crippen LogP contribution in [-0.2, 0) is 0 Å². The van der Waals surface area contributed by atoms with Gasteiger partial charge in [-0.1, -0.05) is 26.7 Å². The largest absolute Gasteiger partial charge is 0.394 e. The van der Waals surface area contributed by atoms with Crippen molar-refractivity contribution in [2.24, 2.45) is 0 Å². The van der Waals surface area contributed by atoms with Gasteiger partial charge in [-0.25, -0.2) is 9.50 Å². The lowest BCUT2D eigenvalue weighted by Gasteiger charge is -2.30. The van der Waals surface area contributed by atoms with Gasteiger partial charge in [-0.3, -0.25) is 0 Å². The van der Waals surface area contributed by atoms with Gasteiger partial charge in [0.15, 0.2) is 5.82 Å². The van der Waals surface area contributed by atoms with Crippen molar-refractivity contribution < 1.29 is 5.11 Å². The highest BCUT2D eigenvalue weighted by Gasteiger charge is 2.24. The first kappa shape index (κ1) is 14.3. The van der Waals surface area contributed by atoms with Gasteiger partial charge in [0.2, 0.25) is 0 Å². The van der Waals surface area contributed by atoms with E-state index in [-0.39, 0.29) is 12.6 Å². The molecule has 21 heavy (non-hydrogen) atoms. The highest BCUT2D eigenvalue weighted by molar-refractivity contribution is 5.69. The first-order valence-electron chi connectivity index (χ1n) is 7.92. The van der Waals surface area contributed by atoms with Crippen LogP contribution in [0.15, 0.2) is 18.5 Å². The number of nitrogens with zero attached hydrogens (tertiary/aromatic N) is 4. The second kappa shape index (κ2) is 6.02. The molecule has 0 bridgehead atoms. The maximum absolute atomic E-state index is 9.72. The lowest BCUT2D eigenvalue weighted by Crippen LogP contribution is -2.38. The van der Waals surface area contributed by atoms with Crippen molar-refractivity contribution in [2.45, 2.75) is 51.5 Å². The lowest BCUT2D eigenvalue weighted by molar-refractivity contribution is 0.254. The van der Waals surface area contributed by atoms with E-state index in [1.54, 1.807) is 6.20 Å². The topological polar surface area (TPSA) is 53.7 Å². The van der Waals surface area contributed by atoms with Crippen LogP contribution < -0.4 is 4.90 Å². The summed E-state index contributed by atoms with van der Waals surface area (Å²) in [6, 6.07) is 2.30. The SMILES string of the molecule is CC(C)c1cc2c(N3CCCCCC3CO)nccn2n1. The predicted molar refractivity (Wildman–Crippen MR) is 83.8 cm³/mol. The van der Waals surface area contributed by atoms with Crippen LogP contribution in [0.5, 0.6) is 0 Å². The Morgan fingerprint density at radius 1 is 1.33 bits per heavy atom. The average molecular weight is 288 g/mol. The third kappa shape index (κ3) is 2.75. The minimum atomic E-state index is 0.170. The zero-order valence-electron chi connectivity index (χ0n) is 12.9. The smallest absolute Gasteiger partial charge is 0.155 e. The number of hydrogen-bond donors (Lipinski definition) is 1. The molecular weight excluding hydrogens is 264 g/mol. The van der Waals surface area contributed by atoms with Gasteiger partial charge in [0.1, 0.15) is 5.52 Å². The van der Waals surface area contributed by atoms with Crippen LogP contribution >= 0.6 is 0 Å². The average Bonchev–Trinajstić information content (AvgIpc) is 2.79. The third-order valence-electron chi connectivity index (χ3n) is 4.34. The second-order valence-corrected chi connectivity index (χ2v) is 6.18. The zero-order chi connectivity index (χ0) is 14.8. The number of hydrogen-bond acceptors (Lipinski definition) is 4. The van der Waals surface area contributed by atoms with Crippen LogP contribution in [0, 0.1) is 0 Å². The molecule has 3 rings (SSSR count). The van der Waals surface area contributed by atoms with Crippen molar-refractivity contribution in [1.29, 1.82) is 0 Å². The van der Waals surface area contributed by atoms with E-state index in [2.05, 4.69) is 34.9 Å². The molecular formula is C16H24N4O. The fourth-order valence-electron chi connectivity index (χ4n) is 3.08. The standard InChI is InChI=1S/C16H24N4O/c1-12(2)14-10-15-16(17-7-9-20(15)18-14)19-8-5-3-4-6-13(19)11-21/h7,9-10,12-13,21H,3-6,8,11H2,1-2H3. The minimum Gasteiger partial charge on any atom is -0.394 e. The highest BCUT2D eigenvalue weighted by Crippen LogP contribution is 2.27. The normalized spacial score (nSPS) is 20.2. The Hall–Kier alpha value is -1.62. The molecule has 1 aliphatic heterocycles. The molecule has 2 aromatic rings. The van der Waals surface area contributed by atoms with Gasteiger partial charge in [0.05, 0.1) is 18.3 Å². The molecule has 0 radical (unpaired) electrons. The quantitative estimate of drug-likeness (QED) is 0.943. The van der Waals surface area contributed by atoms with Crippen LogP contribution in [0.4, 0.5) is 5.82 Å². The fraction of sp³-hybridized carbons (Fsp3) is 0.625. The molecule has 0 spiro atoms. The van der Waals surface area contributed by atoms with Crippen LogP contribution in [0.3, 0.4) is 0 Å². The zero-order valence-corrected chi connectivity index (χ0v) is 12.9. The molecule has 1 N–H and O–H groups in total. The van der Waals surface area contributed by atoms with Gasteiger partial charge in [-0.15, -0.1) is 0 Å². The van der Waals surface area contributed by atoms with E-state index in [9.17, 15) is 5.11 Å². The molecule has 5 nitrogen and oxygen atoms in total. The summed E-state index contributed by atoms with van der Waals surface area (Å²) in [5.41, 5.74) is 2.13. The molecule has 0 aliphatic carbocycles. The molecule has 5 heteroatoms. The van der Waals surface area contributed by atoms with Crippen LogP contribution in [0.1, 0.15) is 51.1 Å². The summed E-state index contributed by atoms with van der Waals surface area (Å²) in [4.78, 5) is 6.87. The Morgan fingerprint density at radius 2 is 2.19 bits per heavy atom. The van der Waals surface area contributed by atoms with Crippen molar-refractivity contribution in [2.75, 3.05) is 18.1 Å². The molecule has 0 saturated carbocycles. The van der Waals surface area contributed by atoms with Crippen molar-refractivity contribution in [3.8, 4) is 0 Å². The van der Waals surface area contributed by atoms with E-state index in [4.69, 9.17) is 0 Å². The lowest BCUT2D eigenvalue weighted by atomic mass is 10.1. The molecule has 1 fully saturated rings. The number of aromatic nitrogens is 3. The summed E-state index contributed by atoms with van der Waals surface area (Å²) in [5, 5.41) is 14.4. The van der Waals surface area contributed by atoms with Gasteiger partial charge < -0.3 is 10.0 Å².